The number of primary sulfonamides is 1. The molecule has 0 amide bonds. The number of aromatic nitrogens is 2. The molecule has 9 nitrogen and oxygen atoms in total. The Morgan fingerprint density at radius 1 is 0.966 bits per heavy atom. The lowest BCUT2D eigenvalue weighted by Crippen LogP contribution is -2.12. The molecule has 0 fully saturated rings. The Hall–Kier alpha value is -3.37. The predicted molar refractivity (Wildman–Crippen MR) is 110 cm³/mol. The minimum Gasteiger partial charge on any atom is -0.493 e. The second-order valence-electron chi connectivity index (χ2n) is 6.03. The van der Waals surface area contributed by atoms with E-state index in [9.17, 15) is 8.42 Å². The smallest absolute Gasteiger partial charge is 0.238 e. The topological polar surface area (TPSA) is 128 Å². The molecular formula is C19H21N5O4S. The normalized spacial score (nSPS) is 11.0. The number of benzene rings is 2. The summed E-state index contributed by atoms with van der Waals surface area (Å²) in [5, 5.41) is 11.5. The molecule has 152 valence electrons. The average Bonchev–Trinajstić information content (AvgIpc) is 2.72. The molecule has 3 rings (SSSR count). The second-order valence-corrected chi connectivity index (χ2v) is 7.59. The first-order valence-corrected chi connectivity index (χ1v) is 10.1. The van der Waals surface area contributed by atoms with Crippen LogP contribution in [-0.4, -0.2) is 32.6 Å². The van der Waals surface area contributed by atoms with Crippen molar-refractivity contribution in [3.05, 3.63) is 60.4 Å². The molecule has 0 aliphatic rings. The molecule has 4 N–H and O–H groups in total. The highest BCUT2D eigenvalue weighted by molar-refractivity contribution is 7.89. The number of hydrogen-bond donors (Lipinski definition) is 3. The van der Waals surface area contributed by atoms with E-state index in [0.29, 0.717) is 29.7 Å². The van der Waals surface area contributed by atoms with Crippen LogP contribution in [0.5, 0.6) is 11.5 Å². The molecule has 0 aliphatic carbocycles. The lowest BCUT2D eigenvalue weighted by Gasteiger charge is -2.12. The van der Waals surface area contributed by atoms with Gasteiger partial charge in [0.2, 0.25) is 10.0 Å². The SMILES string of the molecule is COc1ccc(Nc2cc(NCc3cccc(S(N)(=O)=O)c3)ncn2)cc1OC. The Morgan fingerprint density at radius 2 is 1.72 bits per heavy atom. The van der Waals surface area contributed by atoms with E-state index in [-0.39, 0.29) is 4.90 Å². The van der Waals surface area contributed by atoms with Crippen molar-refractivity contribution in [1.82, 2.24) is 9.97 Å². The number of nitrogens with zero attached hydrogens (tertiary/aromatic N) is 2. The Morgan fingerprint density at radius 3 is 2.45 bits per heavy atom. The summed E-state index contributed by atoms with van der Waals surface area (Å²) >= 11 is 0. The zero-order chi connectivity index (χ0) is 20.9. The summed E-state index contributed by atoms with van der Waals surface area (Å²) in [4.78, 5) is 8.45. The van der Waals surface area contributed by atoms with Gasteiger partial charge in [-0.15, -0.1) is 0 Å². The van der Waals surface area contributed by atoms with Crippen molar-refractivity contribution >= 4 is 27.3 Å². The van der Waals surface area contributed by atoms with Crippen LogP contribution in [0.15, 0.2) is 59.8 Å². The number of hydrogen-bond acceptors (Lipinski definition) is 8. The zero-order valence-electron chi connectivity index (χ0n) is 15.9. The third-order valence-electron chi connectivity index (χ3n) is 4.02. The summed E-state index contributed by atoms with van der Waals surface area (Å²) < 4.78 is 33.5. The van der Waals surface area contributed by atoms with Gasteiger partial charge in [0.25, 0.3) is 0 Å². The predicted octanol–water partition coefficient (Wildman–Crippen LogP) is 2.50. The molecule has 1 heterocycles. The fourth-order valence-corrected chi connectivity index (χ4v) is 3.19. The summed E-state index contributed by atoms with van der Waals surface area (Å²) in [6.07, 6.45) is 1.42. The molecule has 0 aliphatic heterocycles. The molecule has 0 radical (unpaired) electrons. The standard InChI is InChI=1S/C19H21N5O4S/c1-27-16-7-6-14(9-17(16)28-2)24-19-10-18(22-12-23-19)21-11-13-4-3-5-15(8-13)29(20,25)26/h3-10,12H,11H2,1-2H3,(H2,20,25,26)(H2,21,22,23,24). The lowest BCUT2D eigenvalue weighted by atomic mass is 10.2. The van der Waals surface area contributed by atoms with Crippen LogP contribution in [0.2, 0.25) is 0 Å². The van der Waals surface area contributed by atoms with E-state index >= 15 is 0 Å². The lowest BCUT2D eigenvalue weighted by molar-refractivity contribution is 0.355. The summed E-state index contributed by atoms with van der Waals surface area (Å²) in [5.74, 6) is 2.38. The fraction of sp³-hybridized carbons (Fsp3) is 0.158. The number of anilines is 3. The maximum Gasteiger partial charge on any atom is 0.238 e. The Kier molecular flexibility index (Phi) is 6.15. The number of sulfonamides is 1. The first kappa shape index (κ1) is 20.4. The summed E-state index contributed by atoms with van der Waals surface area (Å²) in [7, 11) is -0.599. The van der Waals surface area contributed by atoms with Crippen molar-refractivity contribution in [1.29, 1.82) is 0 Å². The Labute approximate surface area is 169 Å². The molecule has 0 bridgehead atoms. The fourth-order valence-electron chi connectivity index (χ4n) is 2.61. The van der Waals surface area contributed by atoms with Crippen molar-refractivity contribution in [2.75, 3.05) is 24.9 Å². The van der Waals surface area contributed by atoms with E-state index in [1.165, 1.54) is 18.5 Å². The third kappa shape index (κ3) is 5.33. The van der Waals surface area contributed by atoms with Crippen molar-refractivity contribution in [2.45, 2.75) is 11.4 Å². The van der Waals surface area contributed by atoms with Gasteiger partial charge in [-0.2, -0.15) is 0 Å². The van der Waals surface area contributed by atoms with Crippen LogP contribution in [0, 0.1) is 0 Å². The van der Waals surface area contributed by atoms with Gasteiger partial charge in [-0.1, -0.05) is 12.1 Å². The highest BCUT2D eigenvalue weighted by atomic mass is 32.2. The highest BCUT2D eigenvalue weighted by Gasteiger charge is 2.09. The number of rotatable bonds is 8. The van der Waals surface area contributed by atoms with E-state index in [1.807, 2.05) is 6.07 Å². The molecule has 0 saturated heterocycles. The highest BCUT2D eigenvalue weighted by Crippen LogP contribution is 2.31. The van der Waals surface area contributed by atoms with Crippen LogP contribution in [0.3, 0.4) is 0 Å². The molecule has 1 aromatic heterocycles. The van der Waals surface area contributed by atoms with E-state index < -0.39 is 10.0 Å². The number of methoxy groups -OCH3 is 2. The summed E-state index contributed by atoms with van der Waals surface area (Å²) in [6, 6.07) is 13.6. The monoisotopic (exact) mass is 415 g/mol. The Balaban J connectivity index is 1.70. The minimum absolute atomic E-state index is 0.0651. The van der Waals surface area contributed by atoms with E-state index in [0.717, 1.165) is 11.3 Å². The van der Waals surface area contributed by atoms with Gasteiger partial charge in [0.15, 0.2) is 11.5 Å². The largest absolute Gasteiger partial charge is 0.493 e. The molecule has 10 heteroatoms. The second kappa shape index (κ2) is 8.76. The van der Waals surface area contributed by atoms with E-state index in [2.05, 4.69) is 20.6 Å². The van der Waals surface area contributed by atoms with Crippen molar-refractivity contribution in [3.8, 4) is 11.5 Å². The van der Waals surface area contributed by atoms with Gasteiger partial charge in [-0.05, 0) is 29.8 Å². The average molecular weight is 415 g/mol. The molecule has 3 aromatic rings. The molecular weight excluding hydrogens is 394 g/mol. The Bertz CT molecular complexity index is 1110. The maximum absolute atomic E-state index is 11.5. The van der Waals surface area contributed by atoms with Crippen molar-refractivity contribution in [2.24, 2.45) is 5.14 Å². The molecule has 2 aromatic carbocycles. The van der Waals surface area contributed by atoms with Crippen LogP contribution < -0.4 is 25.2 Å². The zero-order valence-corrected chi connectivity index (χ0v) is 16.7. The van der Waals surface area contributed by atoms with Crippen LogP contribution in [0.1, 0.15) is 5.56 Å². The molecule has 0 atom stereocenters. The van der Waals surface area contributed by atoms with Gasteiger partial charge in [0.05, 0.1) is 19.1 Å². The third-order valence-corrected chi connectivity index (χ3v) is 4.93. The van der Waals surface area contributed by atoms with Gasteiger partial charge in [-0.25, -0.2) is 23.5 Å². The van der Waals surface area contributed by atoms with Crippen LogP contribution in [0.4, 0.5) is 17.3 Å². The number of nitrogens with one attached hydrogen (secondary N) is 2. The number of nitrogens with two attached hydrogens (primary N) is 1. The summed E-state index contributed by atoms with van der Waals surface area (Å²) in [6.45, 7) is 0.371. The van der Waals surface area contributed by atoms with Gasteiger partial charge in [-0.3, -0.25) is 0 Å². The summed E-state index contributed by atoms with van der Waals surface area (Å²) in [5.41, 5.74) is 1.53. The van der Waals surface area contributed by atoms with Crippen LogP contribution >= 0.6 is 0 Å². The van der Waals surface area contributed by atoms with Gasteiger partial charge < -0.3 is 20.1 Å². The van der Waals surface area contributed by atoms with Gasteiger partial charge in [0, 0.05) is 24.4 Å². The quantitative estimate of drug-likeness (QED) is 0.512. The number of ether oxygens (including phenoxy) is 2. The van der Waals surface area contributed by atoms with E-state index in [1.54, 1.807) is 44.6 Å². The van der Waals surface area contributed by atoms with Gasteiger partial charge in [0.1, 0.15) is 18.0 Å². The van der Waals surface area contributed by atoms with Crippen molar-refractivity contribution in [3.63, 3.8) is 0 Å². The molecule has 0 spiro atoms. The van der Waals surface area contributed by atoms with Crippen LogP contribution in [-0.2, 0) is 16.6 Å². The molecule has 0 saturated carbocycles. The minimum atomic E-state index is -3.74. The van der Waals surface area contributed by atoms with Gasteiger partial charge >= 0.3 is 0 Å². The van der Waals surface area contributed by atoms with E-state index in [4.69, 9.17) is 14.6 Å². The molecule has 0 unspecified atom stereocenters. The van der Waals surface area contributed by atoms with Crippen molar-refractivity contribution < 1.29 is 17.9 Å². The molecule has 29 heavy (non-hydrogen) atoms. The first-order chi connectivity index (χ1) is 13.9. The first-order valence-electron chi connectivity index (χ1n) is 8.56. The maximum atomic E-state index is 11.5. The van der Waals surface area contributed by atoms with Crippen LogP contribution in [0.25, 0.3) is 0 Å².